The van der Waals surface area contributed by atoms with Crippen molar-refractivity contribution in [2.75, 3.05) is 59.2 Å². The fourth-order valence-corrected chi connectivity index (χ4v) is 3.74. The quantitative estimate of drug-likeness (QED) is 0.103. The number of primary amides is 1. The lowest BCUT2D eigenvalue weighted by atomic mass is 10.0. The second kappa shape index (κ2) is 19.7. The maximum Gasteiger partial charge on any atom is 0.409 e. The smallest absolute Gasteiger partial charge is 0.409 e. The van der Waals surface area contributed by atoms with Gasteiger partial charge in [0.1, 0.15) is 18.7 Å². The van der Waals surface area contributed by atoms with Gasteiger partial charge in [-0.15, -0.1) is 0 Å². The zero-order valence-electron chi connectivity index (χ0n) is 26.4. The fraction of sp³-hybridized carbons (Fsp3) is 0.552. The maximum atomic E-state index is 13.3. The molecule has 0 radical (unpaired) electrons. The molecule has 0 aromatic heterocycles. The predicted molar refractivity (Wildman–Crippen MR) is 168 cm³/mol. The molecule has 15 heteroatoms. The van der Waals surface area contributed by atoms with Crippen LogP contribution in [0.15, 0.2) is 36.5 Å². The highest BCUT2D eigenvalue weighted by atomic mass is 16.6. The highest BCUT2D eigenvalue weighted by Gasteiger charge is 2.28. The number of anilines is 1. The average molecular weight is 620 g/mol. The van der Waals surface area contributed by atoms with Gasteiger partial charge in [0.05, 0.1) is 13.1 Å². The van der Waals surface area contributed by atoms with Crippen LogP contribution in [0.2, 0.25) is 0 Å². The molecule has 0 spiro atoms. The Hall–Kier alpha value is -4.37. The molecule has 1 aromatic carbocycles. The number of urea groups is 1. The molecule has 44 heavy (non-hydrogen) atoms. The summed E-state index contributed by atoms with van der Waals surface area (Å²) in [5, 5.41) is 13.6. The Labute approximate surface area is 259 Å². The summed E-state index contributed by atoms with van der Waals surface area (Å²) >= 11 is 0. The van der Waals surface area contributed by atoms with E-state index in [0.717, 1.165) is 5.56 Å². The molecule has 6 amide bonds. The van der Waals surface area contributed by atoms with E-state index in [9.17, 15) is 24.0 Å². The molecular formula is C29H49N9O6. The highest BCUT2D eigenvalue weighted by Crippen LogP contribution is 2.13. The number of nitrogens with zero attached hydrogens (tertiary/aromatic N) is 2. The molecule has 246 valence electrons. The van der Waals surface area contributed by atoms with E-state index in [1.807, 2.05) is 32.8 Å². The van der Waals surface area contributed by atoms with Gasteiger partial charge >= 0.3 is 12.1 Å². The van der Waals surface area contributed by atoms with Crippen molar-refractivity contribution in [2.24, 2.45) is 17.4 Å². The summed E-state index contributed by atoms with van der Waals surface area (Å²) in [6.07, 6.45) is 0.143. The van der Waals surface area contributed by atoms with Crippen molar-refractivity contribution in [1.82, 2.24) is 31.1 Å². The Kier molecular flexibility index (Phi) is 16.9. The van der Waals surface area contributed by atoms with E-state index in [1.165, 1.54) is 4.90 Å². The van der Waals surface area contributed by atoms with Crippen molar-refractivity contribution < 1.29 is 28.7 Å². The lowest BCUT2D eigenvalue weighted by Gasteiger charge is -2.27. The SMILES string of the molecule is C=C(CNC(=O)CN)N[C@H](C(=O)N[C@@H](CCCNC(N)=O)C(=O)Nc1ccc(COC(=O)N(C)CCN(C)C)cc1)C(C)C. The largest absolute Gasteiger partial charge is 0.445 e. The normalized spacial score (nSPS) is 12.1. The molecule has 0 heterocycles. The van der Waals surface area contributed by atoms with E-state index in [1.54, 1.807) is 31.3 Å². The third-order valence-electron chi connectivity index (χ3n) is 6.37. The molecule has 15 nitrogen and oxygen atoms in total. The van der Waals surface area contributed by atoms with E-state index in [0.29, 0.717) is 30.9 Å². The minimum Gasteiger partial charge on any atom is -0.445 e. The van der Waals surface area contributed by atoms with Crippen LogP contribution in [0, 0.1) is 5.92 Å². The lowest BCUT2D eigenvalue weighted by molar-refractivity contribution is -0.128. The van der Waals surface area contributed by atoms with Gasteiger partial charge in [-0.25, -0.2) is 9.59 Å². The van der Waals surface area contributed by atoms with Crippen molar-refractivity contribution in [3.05, 3.63) is 42.1 Å². The highest BCUT2D eigenvalue weighted by molar-refractivity contribution is 5.98. The Balaban J connectivity index is 2.86. The summed E-state index contributed by atoms with van der Waals surface area (Å²) in [4.78, 5) is 64.7. The molecule has 0 aliphatic carbocycles. The summed E-state index contributed by atoms with van der Waals surface area (Å²) in [5.74, 6) is -1.46. The number of likely N-dealkylation sites (N-methyl/N-ethyl adjacent to an activating group) is 2. The molecule has 0 saturated heterocycles. The molecule has 1 aromatic rings. The molecule has 9 N–H and O–H groups in total. The summed E-state index contributed by atoms with van der Waals surface area (Å²) < 4.78 is 5.36. The van der Waals surface area contributed by atoms with Crippen LogP contribution >= 0.6 is 0 Å². The summed E-state index contributed by atoms with van der Waals surface area (Å²) in [5.41, 5.74) is 12.0. The zero-order chi connectivity index (χ0) is 33.2. The molecule has 0 fully saturated rings. The second-order valence-electron chi connectivity index (χ2n) is 10.9. The fourth-order valence-electron chi connectivity index (χ4n) is 3.74. The number of nitrogens with two attached hydrogens (primary N) is 2. The first-order valence-electron chi connectivity index (χ1n) is 14.4. The van der Waals surface area contributed by atoms with Crippen LogP contribution in [0.5, 0.6) is 0 Å². The Bertz CT molecular complexity index is 1110. The number of amides is 6. The van der Waals surface area contributed by atoms with E-state index in [-0.39, 0.29) is 44.5 Å². The monoisotopic (exact) mass is 619 g/mol. The van der Waals surface area contributed by atoms with Gasteiger partial charge in [-0.05, 0) is 50.6 Å². The number of hydrogen-bond acceptors (Lipinski definition) is 9. The average Bonchev–Trinajstić information content (AvgIpc) is 2.97. The van der Waals surface area contributed by atoms with Crippen molar-refractivity contribution in [2.45, 2.75) is 45.4 Å². The van der Waals surface area contributed by atoms with Crippen LogP contribution in [0.4, 0.5) is 15.3 Å². The van der Waals surface area contributed by atoms with Crippen LogP contribution in [-0.2, 0) is 25.7 Å². The van der Waals surface area contributed by atoms with Crippen LogP contribution < -0.4 is 38.1 Å². The van der Waals surface area contributed by atoms with Crippen molar-refractivity contribution in [3.8, 4) is 0 Å². The van der Waals surface area contributed by atoms with E-state index in [4.69, 9.17) is 16.2 Å². The third-order valence-corrected chi connectivity index (χ3v) is 6.37. The van der Waals surface area contributed by atoms with E-state index < -0.39 is 36.0 Å². The van der Waals surface area contributed by atoms with Gasteiger partial charge in [-0.2, -0.15) is 0 Å². The predicted octanol–water partition coefficient (Wildman–Crippen LogP) is -0.109. The number of benzene rings is 1. The van der Waals surface area contributed by atoms with Crippen LogP contribution in [0.3, 0.4) is 0 Å². The Morgan fingerprint density at radius 3 is 2.18 bits per heavy atom. The molecular weight excluding hydrogens is 570 g/mol. The third kappa shape index (κ3) is 15.2. The number of carbonyl (C=O) groups excluding carboxylic acids is 5. The first-order valence-corrected chi connectivity index (χ1v) is 14.4. The Morgan fingerprint density at radius 1 is 0.955 bits per heavy atom. The number of carbonyl (C=O) groups is 5. The van der Waals surface area contributed by atoms with Gasteiger partial charge in [-0.1, -0.05) is 32.6 Å². The van der Waals surface area contributed by atoms with Crippen LogP contribution in [-0.4, -0.2) is 106 Å². The van der Waals surface area contributed by atoms with E-state index >= 15 is 0 Å². The minimum atomic E-state index is -0.941. The number of ether oxygens (including phenoxy) is 1. The molecule has 0 saturated carbocycles. The van der Waals surface area contributed by atoms with Crippen LogP contribution in [0.25, 0.3) is 0 Å². The number of rotatable bonds is 19. The van der Waals surface area contributed by atoms with Gasteiger partial charge in [0.15, 0.2) is 0 Å². The van der Waals surface area contributed by atoms with Crippen molar-refractivity contribution in [1.29, 1.82) is 0 Å². The summed E-state index contributed by atoms with van der Waals surface area (Å²) in [6, 6.07) is 4.40. The second-order valence-corrected chi connectivity index (χ2v) is 10.9. The molecule has 0 bridgehead atoms. The van der Waals surface area contributed by atoms with E-state index in [2.05, 4.69) is 33.2 Å². The van der Waals surface area contributed by atoms with Gasteiger partial charge in [-0.3, -0.25) is 14.4 Å². The first kappa shape index (κ1) is 37.7. The topological polar surface area (TPSA) is 213 Å². The molecule has 1 rings (SSSR count). The molecule has 0 aliphatic rings. The molecule has 0 unspecified atom stereocenters. The van der Waals surface area contributed by atoms with Gasteiger partial charge < -0.3 is 52.6 Å². The summed E-state index contributed by atoms with van der Waals surface area (Å²) in [6.45, 7) is 8.95. The molecule has 0 aliphatic heterocycles. The summed E-state index contributed by atoms with van der Waals surface area (Å²) in [7, 11) is 5.51. The first-order chi connectivity index (χ1) is 20.7. The van der Waals surface area contributed by atoms with Gasteiger partial charge in [0.2, 0.25) is 17.7 Å². The van der Waals surface area contributed by atoms with Crippen molar-refractivity contribution in [3.63, 3.8) is 0 Å². The van der Waals surface area contributed by atoms with Gasteiger partial charge in [0, 0.05) is 38.1 Å². The zero-order valence-corrected chi connectivity index (χ0v) is 26.4. The number of nitrogens with one attached hydrogen (secondary N) is 5. The maximum absolute atomic E-state index is 13.3. The lowest BCUT2D eigenvalue weighted by Crippen LogP contribution is -2.53. The number of hydrogen-bond donors (Lipinski definition) is 7. The van der Waals surface area contributed by atoms with Crippen molar-refractivity contribution >= 4 is 35.5 Å². The minimum absolute atomic E-state index is 0.0652. The van der Waals surface area contributed by atoms with Gasteiger partial charge in [0.25, 0.3) is 0 Å². The standard InChI is InChI=1S/C29H49N9O6/c1-19(2)25(34-20(3)17-33-24(39)16-30)27(41)36-23(8-7-13-32-28(31)42)26(40)35-22-11-9-21(10-12-22)18-44-29(43)38(6)15-14-37(4)5/h9-12,19,23,25,34H,3,7-8,13-18,30H2,1-2,4-6H3,(H,33,39)(H,35,40)(H,36,41)(H3,31,32,42)/t23-,25-/m0/s1. The molecule has 2 atom stereocenters. The Morgan fingerprint density at radius 2 is 1.61 bits per heavy atom. The van der Waals surface area contributed by atoms with Crippen LogP contribution in [0.1, 0.15) is 32.3 Å².